The zero-order valence-electron chi connectivity index (χ0n) is 16.9. The van der Waals surface area contributed by atoms with E-state index in [-0.39, 0.29) is 5.56 Å². The summed E-state index contributed by atoms with van der Waals surface area (Å²) in [6.45, 7) is 4.05. The molecule has 2 N–H and O–H groups in total. The van der Waals surface area contributed by atoms with Crippen LogP contribution in [0.4, 0.5) is 11.4 Å². The third kappa shape index (κ3) is 3.86. The van der Waals surface area contributed by atoms with Gasteiger partial charge in [0.25, 0.3) is 5.56 Å². The van der Waals surface area contributed by atoms with Gasteiger partial charge in [0.05, 0.1) is 11.4 Å². The highest BCUT2D eigenvalue weighted by atomic mass is 16.1. The van der Waals surface area contributed by atoms with E-state index in [0.29, 0.717) is 11.3 Å². The molecule has 1 fully saturated rings. The molecule has 29 heavy (non-hydrogen) atoms. The van der Waals surface area contributed by atoms with Crippen LogP contribution in [0.25, 0.3) is 16.9 Å². The SMILES string of the molecule is CNc1ccc(-c2cc(=O)n3cc(N4CCCN(C)CC4)ccc3n2)cc1C=N. The van der Waals surface area contributed by atoms with Gasteiger partial charge >= 0.3 is 0 Å². The van der Waals surface area contributed by atoms with Gasteiger partial charge < -0.3 is 20.5 Å². The highest BCUT2D eigenvalue weighted by molar-refractivity contribution is 5.88. The fraction of sp³-hybridized carbons (Fsp3) is 0.318. The first kappa shape index (κ1) is 19.1. The minimum Gasteiger partial charge on any atom is -0.388 e. The van der Waals surface area contributed by atoms with Crippen molar-refractivity contribution in [2.45, 2.75) is 6.42 Å². The van der Waals surface area contributed by atoms with E-state index >= 15 is 0 Å². The van der Waals surface area contributed by atoms with Crippen molar-refractivity contribution in [3.63, 3.8) is 0 Å². The number of pyridine rings is 1. The standard InChI is InChI=1S/C22H26N6O/c1-24-19-6-4-16(12-17(19)14-23)20-13-22(29)28-15-18(5-7-21(28)25-20)27-9-3-8-26(2)10-11-27/h4-7,12-15,23-24H,3,8-11H2,1-2H3. The monoisotopic (exact) mass is 390 g/mol. The number of hydrogen-bond donors (Lipinski definition) is 2. The summed E-state index contributed by atoms with van der Waals surface area (Å²) in [6.07, 6.45) is 4.31. The first-order chi connectivity index (χ1) is 14.1. The van der Waals surface area contributed by atoms with Crippen LogP contribution in [0.3, 0.4) is 0 Å². The van der Waals surface area contributed by atoms with Crippen LogP contribution in [-0.2, 0) is 0 Å². The van der Waals surface area contributed by atoms with E-state index in [1.807, 2.05) is 43.6 Å². The lowest BCUT2D eigenvalue weighted by Crippen LogP contribution is -2.29. The maximum absolute atomic E-state index is 12.8. The maximum atomic E-state index is 12.8. The molecule has 0 atom stereocenters. The van der Waals surface area contributed by atoms with E-state index in [0.717, 1.165) is 55.1 Å². The summed E-state index contributed by atoms with van der Waals surface area (Å²) in [4.78, 5) is 22.2. The van der Waals surface area contributed by atoms with Crippen LogP contribution < -0.4 is 15.8 Å². The zero-order chi connectivity index (χ0) is 20.4. The predicted molar refractivity (Wildman–Crippen MR) is 119 cm³/mol. The molecule has 4 rings (SSSR count). The van der Waals surface area contributed by atoms with Crippen LogP contribution in [0.1, 0.15) is 12.0 Å². The maximum Gasteiger partial charge on any atom is 0.258 e. The lowest BCUT2D eigenvalue weighted by molar-refractivity contribution is 0.360. The van der Waals surface area contributed by atoms with Gasteiger partial charge in [-0.2, -0.15) is 0 Å². The van der Waals surface area contributed by atoms with Crippen LogP contribution in [0.2, 0.25) is 0 Å². The van der Waals surface area contributed by atoms with E-state index in [1.165, 1.54) is 6.21 Å². The van der Waals surface area contributed by atoms with Crippen LogP contribution in [0, 0.1) is 5.41 Å². The number of benzene rings is 1. The Balaban J connectivity index is 1.71. The molecule has 2 aromatic heterocycles. The molecule has 7 heteroatoms. The average molecular weight is 390 g/mol. The van der Waals surface area contributed by atoms with Gasteiger partial charge in [-0.25, -0.2) is 4.98 Å². The molecule has 0 saturated carbocycles. The summed E-state index contributed by atoms with van der Waals surface area (Å²) in [7, 11) is 3.97. The Morgan fingerprint density at radius 1 is 1.10 bits per heavy atom. The van der Waals surface area contributed by atoms with Gasteiger partial charge in [0.1, 0.15) is 5.65 Å². The molecular formula is C22H26N6O. The molecular weight excluding hydrogens is 364 g/mol. The molecule has 1 saturated heterocycles. The Labute approximate surface area is 170 Å². The lowest BCUT2D eigenvalue weighted by atomic mass is 10.1. The molecule has 0 radical (unpaired) electrons. The number of aromatic nitrogens is 2. The van der Waals surface area contributed by atoms with Gasteiger partial charge in [-0.1, -0.05) is 6.07 Å². The number of rotatable bonds is 4. The minimum atomic E-state index is -0.104. The van der Waals surface area contributed by atoms with E-state index in [1.54, 1.807) is 10.5 Å². The number of likely N-dealkylation sites (N-methyl/N-ethyl adjacent to an activating group) is 1. The Hall–Kier alpha value is -3.19. The zero-order valence-corrected chi connectivity index (χ0v) is 16.9. The molecule has 0 spiro atoms. The second-order valence-corrected chi connectivity index (χ2v) is 7.44. The summed E-state index contributed by atoms with van der Waals surface area (Å²) < 4.78 is 1.62. The first-order valence-corrected chi connectivity index (χ1v) is 9.88. The summed E-state index contributed by atoms with van der Waals surface area (Å²) in [5, 5.41) is 10.7. The van der Waals surface area contributed by atoms with Gasteiger partial charge in [-0.05, 0) is 44.3 Å². The van der Waals surface area contributed by atoms with E-state index in [2.05, 4.69) is 22.2 Å². The van der Waals surface area contributed by atoms with E-state index < -0.39 is 0 Å². The van der Waals surface area contributed by atoms with Gasteiger partial charge in [-0.3, -0.25) is 9.20 Å². The smallest absolute Gasteiger partial charge is 0.258 e. The average Bonchev–Trinajstić information content (AvgIpc) is 2.97. The van der Waals surface area contributed by atoms with Gasteiger partial charge in [0.2, 0.25) is 0 Å². The molecule has 1 aliphatic heterocycles. The number of nitrogens with one attached hydrogen (secondary N) is 2. The normalized spacial score (nSPS) is 15.3. The molecule has 3 heterocycles. The van der Waals surface area contributed by atoms with Crippen molar-refractivity contribution >= 4 is 23.2 Å². The quantitative estimate of drug-likeness (QED) is 0.670. The molecule has 1 aliphatic rings. The van der Waals surface area contributed by atoms with E-state index in [9.17, 15) is 4.79 Å². The molecule has 150 valence electrons. The summed E-state index contributed by atoms with van der Waals surface area (Å²) in [5.41, 5.74) is 4.63. The topological polar surface area (TPSA) is 76.7 Å². The Bertz CT molecular complexity index is 1110. The van der Waals surface area contributed by atoms with Crippen LogP contribution >= 0.6 is 0 Å². The second-order valence-electron chi connectivity index (χ2n) is 7.44. The lowest BCUT2D eigenvalue weighted by Gasteiger charge is -2.23. The van der Waals surface area contributed by atoms with E-state index in [4.69, 9.17) is 10.4 Å². The third-order valence-corrected chi connectivity index (χ3v) is 5.50. The molecule has 0 amide bonds. The van der Waals surface area contributed by atoms with Crippen LogP contribution in [0.5, 0.6) is 0 Å². The number of fused-ring (bicyclic) bond motifs is 1. The molecule has 0 bridgehead atoms. The van der Waals surface area contributed by atoms with Crippen molar-refractivity contribution in [1.29, 1.82) is 5.41 Å². The third-order valence-electron chi connectivity index (χ3n) is 5.50. The van der Waals surface area contributed by atoms with Crippen molar-refractivity contribution in [1.82, 2.24) is 14.3 Å². The molecule has 0 unspecified atom stereocenters. The number of nitrogens with zero attached hydrogens (tertiary/aromatic N) is 4. The number of anilines is 2. The molecule has 7 nitrogen and oxygen atoms in total. The van der Waals surface area contributed by atoms with Gasteiger partial charge in [0.15, 0.2) is 0 Å². The summed E-state index contributed by atoms with van der Waals surface area (Å²) in [6, 6.07) is 11.2. The largest absolute Gasteiger partial charge is 0.388 e. The Morgan fingerprint density at radius 3 is 2.76 bits per heavy atom. The predicted octanol–water partition coefficient (Wildman–Crippen LogP) is 2.54. The fourth-order valence-electron chi connectivity index (χ4n) is 3.80. The Morgan fingerprint density at radius 2 is 1.97 bits per heavy atom. The van der Waals surface area contributed by atoms with Crippen molar-refractivity contribution < 1.29 is 0 Å². The Kier molecular flexibility index (Phi) is 5.31. The first-order valence-electron chi connectivity index (χ1n) is 9.88. The number of hydrogen-bond acceptors (Lipinski definition) is 6. The summed E-state index contributed by atoms with van der Waals surface area (Å²) >= 11 is 0. The molecule has 0 aliphatic carbocycles. The fourth-order valence-corrected chi connectivity index (χ4v) is 3.80. The van der Waals surface area contributed by atoms with Gasteiger partial charge in [-0.15, -0.1) is 0 Å². The highest BCUT2D eigenvalue weighted by Crippen LogP contribution is 2.23. The molecule has 3 aromatic rings. The minimum absolute atomic E-state index is 0.104. The van der Waals surface area contributed by atoms with Crippen molar-refractivity contribution in [2.75, 3.05) is 50.5 Å². The van der Waals surface area contributed by atoms with Crippen LogP contribution in [-0.4, -0.2) is 60.8 Å². The van der Waals surface area contributed by atoms with Crippen LogP contribution in [0.15, 0.2) is 47.4 Å². The highest BCUT2D eigenvalue weighted by Gasteiger charge is 2.14. The van der Waals surface area contributed by atoms with Crippen molar-refractivity contribution in [3.8, 4) is 11.3 Å². The molecule has 1 aromatic carbocycles. The van der Waals surface area contributed by atoms with Crippen molar-refractivity contribution in [3.05, 3.63) is 58.5 Å². The summed E-state index contributed by atoms with van der Waals surface area (Å²) in [5.74, 6) is 0. The second kappa shape index (κ2) is 8.05. The van der Waals surface area contributed by atoms with Gasteiger partial charge in [0, 0.05) is 62.0 Å². The van der Waals surface area contributed by atoms with Crippen molar-refractivity contribution in [2.24, 2.45) is 0 Å².